The van der Waals surface area contributed by atoms with Crippen LogP contribution in [0, 0.1) is 10.8 Å². The number of hydrogen-bond acceptors (Lipinski definition) is 3. The maximum absolute atomic E-state index is 7.44. The average Bonchev–Trinajstić information content (AvgIpc) is 2.47. The maximum Gasteiger partial charge on any atom is 0.296 e. The molecule has 1 aliphatic heterocycles. The first kappa shape index (κ1) is 7.79. The van der Waals surface area contributed by atoms with Crippen molar-refractivity contribution >= 4 is 17.6 Å². The lowest BCUT2D eigenvalue weighted by molar-refractivity contribution is 0.548. The summed E-state index contributed by atoms with van der Waals surface area (Å²) in [5, 5.41) is 14.7. The van der Waals surface area contributed by atoms with Crippen LogP contribution < -0.4 is 4.90 Å². The predicted octanol–water partition coefficient (Wildman–Crippen LogP) is 1.44. The zero-order chi connectivity index (χ0) is 9.26. The molecule has 0 saturated carbocycles. The Bertz CT molecular complexity index is 347. The number of ether oxygens (including phenoxy) is 1. The van der Waals surface area contributed by atoms with Crippen LogP contribution in [-0.2, 0) is 4.74 Å². The fourth-order valence-corrected chi connectivity index (χ4v) is 1.24. The quantitative estimate of drug-likeness (QED) is 0.678. The fourth-order valence-electron chi connectivity index (χ4n) is 1.24. The van der Waals surface area contributed by atoms with E-state index in [2.05, 4.69) is 0 Å². The highest BCUT2D eigenvalue weighted by atomic mass is 16.5. The van der Waals surface area contributed by atoms with Crippen molar-refractivity contribution in [1.29, 1.82) is 10.8 Å². The Morgan fingerprint density at radius 3 is 2.38 bits per heavy atom. The van der Waals surface area contributed by atoms with E-state index in [4.69, 9.17) is 15.6 Å². The van der Waals surface area contributed by atoms with E-state index in [1.807, 2.05) is 30.3 Å². The summed E-state index contributed by atoms with van der Waals surface area (Å²) < 4.78 is 4.82. The summed E-state index contributed by atoms with van der Waals surface area (Å²) in [6.45, 7) is 0.350. The molecular formula is C9H9N3O. The van der Waals surface area contributed by atoms with Crippen LogP contribution in [0.4, 0.5) is 5.69 Å². The van der Waals surface area contributed by atoms with Crippen molar-refractivity contribution in [3.63, 3.8) is 0 Å². The zero-order valence-electron chi connectivity index (χ0n) is 6.95. The van der Waals surface area contributed by atoms with Gasteiger partial charge in [-0.3, -0.25) is 15.7 Å². The van der Waals surface area contributed by atoms with Gasteiger partial charge in [0.15, 0.2) is 0 Å². The topological polar surface area (TPSA) is 60.2 Å². The molecule has 0 spiro atoms. The Labute approximate surface area is 75.8 Å². The molecule has 1 fully saturated rings. The van der Waals surface area contributed by atoms with Crippen LogP contribution in [0.15, 0.2) is 30.3 Å². The number of benzene rings is 1. The Hall–Kier alpha value is -1.84. The monoisotopic (exact) mass is 175 g/mol. The lowest BCUT2D eigenvalue weighted by atomic mass is 10.3. The third-order valence-electron chi connectivity index (χ3n) is 1.83. The van der Waals surface area contributed by atoms with Crippen LogP contribution in [0.5, 0.6) is 0 Å². The van der Waals surface area contributed by atoms with Gasteiger partial charge in [0, 0.05) is 5.69 Å². The van der Waals surface area contributed by atoms with Crippen LogP contribution >= 0.6 is 0 Å². The first-order valence-electron chi connectivity index (χ1n) is 3.94. The molecule has 1 aliphatic rings. The summed E-state index contributed by atoms with van der Waals surface area (Å²) in [5.74, 6) is 0.119. The van der Waals surface area contributed by atoms with Crippen LogP contribution in [-0.4, -0.2) is 18.5 Å². The molecule has 4 nitrogen and oxygen atoms in total. The maximum atomic E-state index is 7.44. The fraction of sp³-hybridized carbons (Fsp3) is 0.111. The highest BCUT2D eigenvalue weighted by Crippen LogP contribution is 2.17. The number of rotatable bonds is 1. The second-order valence-corrected chi connectivity index (χ2v) is 2.75. The van der Waals surface area contributed by atoms with Gasteiger partial charge in [-0.15, -0.1) is 0 Å². The van der Waals surface area contributed by atoms with Gasteiger partial charge < -0.3 is 4.74 Å². The van der Waals surface area contributed by atoms with Gasteiger partial charge in [0.25, 0.3) is 6.02 Å². The Balaban J connectivity index is 2.28. The largest absolute Gasteiger partial charge is 0.410 e. The standard InChI is InChI=1S/C9H9N3O/c10-8-6-12(9(11)13-8)7-4-2-1-3-5-7/h1-5,10-11H,6H2. The molecule has 0 atom stereocenters. The third-order valence-corrected chi connectivity index (χ3v) is 1.83. The number of hydrogen-bond donors (Lipinski definition) is 2. The first-order valence-corrected chi connectivity index (χ1v) is 3.94. The second kappa shape index (κ2) is 2.90. The van der Waals surface area contributed by atoms with E-state index in [0.29, 0.717) is 6.54 Å². The van der Waals surface area contributed by atoms with Crippen LogP contribution in [0.3, 0.4) is 0 Å². The van der Waals surface area contributed by atoms with Crippen molar-refractivity contribution < 1.29 is 4.74 Å². The molecule has 1 aromatic carbocycles. The molecular weight excluding hydrogens is 166 g/mol. The molecule has 66 valence electrons. The van der Waals surface area contributed by atoms with Gasteiger partial charge in [-0.25, -0.2) is 0 Å². The number of nitrogens with zero attached hydrogens (tertiary/aromatic N) is 1. The summed E-state index contributed by atoms with van der Waals surface area (Å²) in [7, 11) is 0. The Morgan fingerprint density at radius 1 is 1.15 bits per heavy atom. The van der Waals surface area contributed by atoms with Gasteiger partial charge in [-0.2, -0.15) is 0 Å². The van der Waals surface area contributed by atoms with E-state index in [0.717, 1.165) is 5.69 Å². The predicted molar refractivity (Wildman–Crippen MR) is 50.3 cm³/mol. The van der Waals surface area contributed by atoms with E-state index in [9.17, 15) is 0 Å². The smallest absolute Gasteiger partial charge is 0.296 e. The van der Waals surface area contributed by atoms with Crippen LogP contribution in [0.2, 0.25) is 0 Å². The zero-order valence-corrected chi connectivity index (χ0v) is 6.95. The van der Waals surface area contributed by atoms with Crippen molar-refractivity contribution in [1.82, 2.24) is 0 Å². The van der Waals surface area contributed by atoms with E-state index in [1.165, 1.54) is 0 Å². The van der Waals surface area contributed by atoms with Crippen LogP contribution in [0.1, 0.15) is 0 Å². The van der Waals surface area contributed by atoms with E-state index >= 15 is 0 Å². The summed E-state index contributed by atoms with van der Waals surface area (Å²) in [4.78, 5) is 1.64. The molecule has 2 N–H and O–H groups in total. The Kier molecular flexibility index (Phi) is 1.73. The molecule has 13 heavy (non-hydrogen) atoms. The van der Waals surface area contributed by atoms with Crippen LogP contribution in [0.25, 0.3) is 0 Å². The molecule has 0 unspecified atom stereocenters. The van der Waals surface area contributed by atoms with Crippen molar-refractivity contribution in [3.8, 4) is 0 Å². The molecule has 0 aliphatic carbocycles. The summed E-state index contributed by atoms with van der Waals surface area (Å²) in [6.07, 6.45) is 0. The molecule has 0 aromatic heterocycles. The minimum absolute atomic E-state index is 0.0243. The third kappa shape index (κ3) is 1.38. The second-order valence-electron chi connectivity index (χ2n) is 2.75. The van der Waals surface area contributed by atoms with Gasteiger partial charge in [0.05, 0.1) is 0 Å². The number of para-hydroxylation sites is 1. The molecule has 0 radical (unpaired) electrons. The van der Waals surface area contributed by atoms with E-state index < -0.39 is 0 Å². The van der Waals surface area contributed by atoms with Gasteiger partial charge in [-0.1, -0.05) is 18.2 Å². The SMILES string of the molecule is N=C1CN(c2ccccc2)C(=N)O1. The van der Waals surface area contributed by atoms with E-state index in [-0.39, 0.29) is 11.9 Å². The summed E-state index contributed by atoms with van der Waals surface area (Å²) >= 11 is 0. The lowest BCUT2D eigenvalue weighted by Crippen LogP contribution is -2.24. The first-order chi connectivity index (χ1) is 6.27. The average molecular weight is 175 g/mol. The minimum Gasteiger partial charge on any atom is -0.410 e. The van der Waals surface area contributed by atoms with Crippen molar-refractivity contribution in [3.05, 3.63) is 30.3 Å². The summed E-state index contributed by atoms with van der Waals surface area (Å²) in [6, 6.07) is 9.49. The number of anilines is 1. The molecule has 1 saturated heterocycles. The van der Waals surface area contributed by atoms with E-state index in [1.54, 1.807) is 4.90 Å². The van der Waals surface area contributed by atoms with Gasteiger partial charge in [0.2, 0.25) is 5.90 Å². The molecule has 0 bridgehead atoms. The van der Waals surface area contributed by atoms with Gasteiger partial charge >= 0.3 is 0 Å². The normalized spacial score (nSPS) is 16.2. The van der Waals surface area contributed by atoms with Gasteiger partial charge in [0.1, 0.15) is 6.54 Å². The number of amidine groups is 1. The molecule has 2 rings (SSSR count). The number of nitrogens with one attached hydrogen (secondary N) is 2. The van der Waals surface area contributed by atoms with Crippen molar-refractivity contribution in [2.24, 2.45) is 0 Å². The highest BCUT2D eigenvalue weighted by molar-refractivity contribution is 6.06. The van der Waals surface area contributed by atoms with Gasteiger partial charge in [-0.05, 0) is 12.1 Å². The molecule has 1 aromatic rings. The minimum atomic E-state index is 0.0243. The lowest BCUT2D eigenvalue weighted by Gasteiger charge is -2.12. The Morgan fingerprint density at radius 2 is 1.85 bits per heavy atom. The molecule has 0 amide bonds. The highest BCUT2D eigenvalue weighted by Gasteiger charge is 2.24. The van der Waals surface area contributed by atoms with Crippen molar-refractivity contribution in [2.45, 2.75) is 0 Å². The molecule has 1 heterocycles. The summed E-state index contributed by atoms with van der Waals surface area (Å²) in [5.41, 5.74) is 0.884. The molecule has 4 heteroatoms. The van der Waals surface area contributed by atoms with Crippen molar-refractivity contribution in [2.75, 3.05) is 11.4 Å².